The Morgan fingerprint density at radius 3 is 2.12 bits per heavy atom. The van der Waals surface area contributed by atoms with E-state index >= 15 is 0 Å². The number of amides is 1. The van der Waals surface area contributed by atoms with Gasteiger partial charge in [-0.2, -0.15) is 0 Å². The van der Waals surface area contributed by atoms with Crippen LogP contribution in [0.2, 0.25) is 0 Å². The summed E-state index contributed by atoms with van der Waals surface area (Å²) in [4.78, 5) is 25.8. The summed E-state index contributed by atoms with van der Waals surface area (Å²) in [5, 5.41) is 2.85. The average molecular weight is 481 g/mol. The maximum atomic E-state index is 13.1. The highest BCUT2D eigenvalue weighted by Gasteiger charge is 2.25. The van der Waals surface area contributed by atoms with Crippen LogP contribution in [0.25, 0.3) is 0 Å². The minimum Gasteiger partial charge on any atom is -0.447 e. The molecule has 0 aliphatic carbocycles. The molecule has 178 valence electrons. The molecule has 0 aromatic heterocycles. The van der Waals surface area contributed by atoms with Crippen molar-refractivity contribution in [3.63, 3.8) is 0 Å². The van der Waals surface area contributed by atoms with E-state index in [2.05, 4.69) is 10.0 Å². The Kier molecular flexibility index (Phi) is 8.20. The third-order valence-corrected chi connectivity index (χ3v) is 6.63. The number of carbonyl (C=O) groups is 2. The Bertz CT molecular complexity index is 1240. The zero-order chi connectivity index (χ0) is 24.7. The van der Waals surface area contributed by atoms with E-state index < -0.39 is 28.0 Å². The molecule has 0 saturated heterocycles. The normalized spacial score (nSPS) is 12.1. The SMILES string of the molecule is CNS(=O)(=O)c1ccc(CCC(=O)OC(C(=O)Nc2cc(C)cc(C)c2)c2ccccc2)cc1. The molecule has 1 atom stereocenters. The molecule has 8 heteroatoms. The number of esters is 1. The van der Waals surface area contributed by atoms with Crippen molar-refractivity contribution < 1.29 is 22.7 Å². The second-order valence-electron chi connectivity index (χ2n) is 8.00. The Labute approximate surface area is 200 Å². The molecule has 0 aliphatic rings. The Morgan fingerprint density at radius 1 is 0.912 bits per heavy atom. The molecular formula is C26H28N2O5S. The number of rotatable bonds is 9. The van der Waals surface area contributed by atoms with E-state index in [1.54, 1.807) is 36.4 Å². The maximum absolute atomic E-state index is 13.1. The monoisotopic (exact) mass is 480 g/mol. The number of sulfonamides is 1. The van der Waals surface area contributed by atoms with Gasteiger partial charge in [-0.1, -0.05) is 48.5 Å². The number of anilines is 1. The second kappa shape index (κ2) is 11.1. The number of hydrogen-bond donors (Lipinski definition) is 2. The first-order valence-corrected chi connectivity index (χ1v) is 12.3. The van der Waals surface area contributed by atoms with E-state index in [9.17, 15) is 18.0 Å². The topological polar surface area (TPSA) is 102 Å². The summed E-state index contributed by atoms with van der Waals surface area (Å²) in [6.07, 6.45) is -0.713. The molecule has 0 spiro atoms. The molecular weight excluding hydrogens is 452 g/mol. The molecule has 3 aromatic rings. The fraction of sp³-hybridized carbons (Fsp3) is 0.231. The van der Waals surface area contributed by atoms with Crippen molar-refractivity contribution >= 4 is 27.6 Å². The van der Waals surface area contributed by atoms with Crippen molar-refractivity contribution in [3.05, 3.63) is 95.1 Å². The summed E-state index contributed by atoms with van der Waals surface area (Å²) in [6, 6.07) is 20.8. The van der Waals surface area contributed by atoms with Gasteiger partial charge in [-0.15, -0.1) is 0 Å². The molecule has 1 unspecified atom stereocenters. The third-order valence-electron chi connectivity index (χ3n) is 5.20. The van der Waals surface area contributed by atoms with Crippen LogP contribution in [0.15, 0.2) is 77.7 Å². The number of aryl methyl sites for hydroxylation is 3. The Morgan fingerprint density at radius 2 is 1.53 bits per heavy atom. The molecule has 0 radical (unpaired) electrons. The lowest BCUT2D eigenvalue weighted by Gasteiger charge is -2.18. The maximum Gasteiger partial charge on any atom is 0.307 e. The van der Waals surface area contributed by atoms with Crippen LogP contribution in [0.3, 0.4) is 0 Å². The second-order valence-corrected chi connectivity index (χ2v) is 9.88. The summed E-state index contributed by atoms with van der Waals surface area (Å²) in [7, 11) is -2.17. The van der Waals surface area contributed by atoms with Crippen LogP contribution in [0.5, 0.6) is 0 Å². The number of benzene rings is 3. The first-order valence-electron chi connectivity index (χ1n) is 10.8. The molecule has 2 N–H and O–H groups in total. The lowest BCUT2D eigenvalue weighted by molar-refractivity contribution is -0.154. The van der Waals surface area contributed by atoms with Crippen LogP contribution in [0.1, 0.15) is 34.8 Å². The first-order chi connectivity index (χ1) is 16.2. The minimum atomic E-state index is -3.52. The zero-order valence-electron chi connectivity index (χ0n) is 19.4. The lowest BCUT2D eigenvalue weighted by atomic mass is 10.1. The van der Waals surface area contributed by atoms with Gasteiger partial charge in [0.2, 0.25) is 16.1 Å². The molecule has 0 bridgehead atoms. The minimum absolute atomic E-state index is 0.0400. The van der Waals surface area contributed by atoms with Crippen LogP contribution < -0.4 is 10.0 Å². The van der Waals surface area contributed by atoms with Crippen LogP contribution in [0.4, 0.5) is 5.69 Å². The van der Waals surface area contributed by atoms with E-state index in [0.29, 0.717) is 17.7 Å². The summed E-state index contributed by atoms with van der Waals surface area (Å²) in [5.41, 5.74) is 4.01. The number of carbonyl (C=O) groups excluding carboxylic acids is 2. The molecule has 3 aromatic carbocycles. The molecule has 34 heavy (non-hydrogen) atoms. The average Bonchev–Trinajstić information content (AvgIpc) is 2.81. The Balaban J connectivity index is 1.69. The van der Waals surface area contributed by atoms with Crippen LogP contribution >= 0.6 is 0 Å². The van der Waals surface area contributed by atoms with E-state index in [1.165, 1.54) is 19.2 Å². The number of ether oxygens (including phenoxy) is 1. The van der Waals surface area contributed by atoms with Gasteiger partial charge in [0.15, 0.2) is 0 Å². The zero-order valence-corrected chi connectivity index (χ0v) is 20.2. The number of hydrogen-bond acceptors (Lipinski definition) is 5. The predicted octanol–water partition coefficient (Wildman–Crippen LogP) is 4.07. The summed E-state index contributed by atoms with van der Waals surface area (Å²) in [6.45, 7) is 3.89. The van der Waals surface area contributed by atoms with Crippen molar-refractivity contribution in [1.29, 1.82) is 0 Å². The smallest absolute Gasteiger partial charge is 0.307 e. The first kappa shape index (κ1) is 25.1. The van der Waals surface area contributed by atoms with Crippen molar-refractivity contribution in [3.8, 4) is 0 Å². The van der Waals surface area contributed by atoms with Crippen molar-refractivity contribution in [2.45, 2.75) is 37.7 Å². The Hall–Kier alpha value is -3.49. The molecule has 3 rings (SSSR count). The van der Waals surface area contributed by atoms with Gasteiger partial charge in [0.05, 0.1) is 4.90 Å². The van der Waals surface area contributed by atoms with Gasteiger partial charge < -0.3 is 10.1 Å². The highest BCUT2D eigenvalue weighted by Crippen LogP contribution is 2.22. The standard InChI is InChI=1S/C26H28N2O5S/c1-18-15-19(2)17-22(16-18)28-26(30)25(21-7-5-4-6-8-21)33-24(29)14-11-20-9-12-23(13-10-20)34(31,32)27-3/h4-10,12-13,15-17,25,27H,11,14H2,1-3H3,(H,28,30). The van der Waals surface area contributed by atoms with E-state index in [1.807, 2.05) is 38.1 Å². The largest absolute Gasteiger partial charge is 0.447 e. The van der Waals surface area contributed by atoms with Gasteiger partial charge in [0.25, 0.3) is 5.91 Å². The van der Waals surface area contributed by atoms with E-state index in [4.69, 9.17) is 4.74 Å². The molecule has 0 heterocycles. The molecule has 0 aliphatic heterocycles. The predicted molar refractivity (Wildman–Crippen MR) is 131 cm³/mol. The van der Waals surface area contributed by atoms with Gasteiger partial charge in [0.1, 0.15) is 0 Å². The molecule has 0 saturated carbocycles. The highest BCUT2D eigenvalue weighted by atomic mass is 32.2. The summed E-state index contributed by atoms with van der Waals surface area (Å²) in [5.74, 6) is -0.970. The van der Waals surface area contributed by atoms with Crippen molar-refractivity contribution in [2.75, 3.05) is 12.4 Å². The molecule has 7 nitrogen and oxygen atoms in total. The summed E-state index contributed by atoms with van der Waals surface area (Å²) >= 11 is 0. The van der Waals surface area contributed by atoms with Crippen LogP contribution in [-0.4, -0.2) is 27.3 Å². The lowest BCUT2D eigenvalue weighted by Crippen LogP contribution is -2.26. The van der Waals surface area contributed by atoms with Gasteiger partial charge in [0, 0.05) is 17.7 Å². The third kappa shape index (κ3) is 6.76. The van der Waals surface area contributed by atoms with Crippen LogP contribution in [0, 0.1) is 13.8 Å². The van der Waals surface area contributed by atoms with Gasteiger partial charge in [-0.05, 0) is 68.3 Å². The van der Waals surface area contributed by atoms with E-state index in [0.717, 1.165) is 16.7 Å². The summed E-state index contributed by atoms with van der Waals surface area (Å²) < 4.78 is 31.5. The van der Waals surface area contributed by atoms with E-state index in [-0.39, 0.29) is 11.3 Å². The van der Waals surface area contributed by atoms with Gasteiger partial charge in [-0.3, -0.25) is 9.59 Å². The fourth-order valence-electron chi connectivity index (χ4n) is 3.55. The quantitative estimate of drug-likeness (QED) is 0.450. The number of nitrogens with one attached hydrogen (secondary N) is 2. The van der Waals surface area contributed by atoms with Crippen molar-refractivity contribution in [2.24, 2.45) is 0 Å². The molecule has 1 amide bonds. The molecule has 0 fully saturated rings. The van der Waals surface area contributed by atoms with Gasteiger partial charge in [-0.25, -0.2) is 13.1 Å². The van der Waals surface area contributed by atoms with Crippen molar-refractivity contribution in [1.82, 2.24) is 4.72 Å². The fourth-order valence-corrected chi connectivity index (χ4v) is 4.28. The van der Waals surface area contributed by atoms with Gasteiger partial charge >= 0.3 is 5.97 Å². The highest BCUT2D eigenvalue weighted by molar-refractivity contribution is 7.89. The van der Waals surface area contributed by atoms with Crippen LogP contribution in [-0.2, 0) is 30.8 Å².